The molecular formula is C16H24N6O. The first kappa shape index (κ1) is 14.8. The van der Waals surface area contributed by atoms with Gasteiger partial charge in [0.2, 0.25) is 5.89 Å². The highest BCUT2D eigenvalue weighted by Gasteiger charge is 2.33. The highest BCUT2D eigenvalue weighted by molar-refractivity contribution is 5.06. The van der Waals surface area contributed by atoms with Gasteiger partial charge in [-0.3, -0.25) is 14.5 Å². The zero-order chi connectivity index (χ0) is 15.8. The van der Waals surface area contributed by atoms with Gasteiger partial charge >= 0.3 is 0 Å². The van der Waals surface area contributed by atoms with Crippen molar-refractivity contribution in [3.63, 3.8) is 0 Å². The van der Waals surface area contributed by atoms with Crippen LogP contribution in [0.1, 0.15) is 49.1 Å². The maximum atomic E-state index is 5.56. The first-order chi connectivity index (χ1) is 11.2. The van der Waals surface area contributed by atoms with E-state index in [0.29, 0.717) is 5.92 Å². The number of nitrogens with zero attached hydrogens (tertiary/aromatic N) is 6. The maximum absolute atomic E-state index is 5.56. The van der Waals surface area contributed by atoms with Crippen LogP contribution in [0, 0.1) is 0 Å². The second-order valence-electron chi connectivity index (χ2n) is 6.63. The predicted octanol–water partition coefficient (Wildman–Crippen LogP) is 1.65. The summed E-state index contributed by atoms with van der Waals surface area (Å²) >= 11 is 0. The van der Waals surface area contributed by atoms with E-state index in [1.54, 1.807) is 0 Å². The van der Waals surface area contributed by atoms with Crippen molar-refractivity contribution in [3.05, 3.63) is 29.7 Å². The number of likely N-dealkylation sites (N-methyl/N-ethyl adjacent to an activating group) is 1. The van der Waals surface area contributed by atoms with E-state index in [4.69, 9.17) is 4.52 Å². The average Bonchev–Trinajstić information content (AvgIpc) is 3.12. The Bertz CT molecular complexity index is 661. The summed E-state index contributed by atoms with van der Waals surface area (Å²) in [5, 5.41) is 8.53. The summed E-state index contributed by atoms with van der Waals surface area (Å²) in [4.78, 5) is 9.42. The first-order valence-electron chi connectivity index (χ1n) is 8.51. The fourth-order valence-electron chi connectivity index (χ4n) is 3.24. The standard InChI is InChI=1S/C16H24N6O/c1-3-22-13(6-7-17-22)10-21-9-8-20(2)14(11-21)16-18-15(19-23-16)12-4-5-12/h6-7,12,14H,3-5,8-11H2,1-2H3. The van der Waals surface area contributed by atoms with Crippen LogP contribution >= 0.6 is 0 Å². The molecule has 4 rings (SSSR count). The van der Waals surface area contributed by atoms with Gasteiger partial charge in [0.1, 0.15) is 6.04 Å². The Hall–Kier alpha value is -1.73. The molecule has 0 N–H and O–H groups in total. The average molecular weight is 316 g/mol. The Morgan fingerprint density at radius 2 is 2.17 bits per heavy atom. The van der Waals surface area contributed by atoms with Crippen molar-refractivity contribution in [2.75, 3.05) is 26.7 Å². The van der Waals surface area contributed by atoms with Gasteiger partial charge in [-0.15, -0.1) is 0 Å². The Morgan fingerprint density at radius 3 is 2.96 bits per heavy atom. The van der Waals surface area contributed by atoms with E-state index < -0.39 is 0 Å². The van der Waals surface area contributed by atoms with Crippen LogP contribution < -0.4 is 0 Å². The zero-order valence-corrected chi connectivity index (χ0v) is 13.9. The van der Waals surface area contributed by atoms with Crippen LogP contribution in [0.5, 0.6) is 0 Å². The van der Waals surface area contributed by atoms with E-state index in [9.17, 15) is 0 Å². The van der Waals surface area contributed by atoms with Crippen molar-refractivity contribution in [2.24, 2.45) is 0 Å². The minimum atomic E-state index is 0.182. The van der Waals surface area contributed by atoms with E-state index in [1.807, 2.05) is 6.20 Å². The lowest BCUT2D eigenvalue weighted by molar-refractivity contribution is 0.0699. The Balaban J connectivity index is 1.46. The molecule has 2 aromatic heterocycles. The van der Waals surface area contributed by atoms with Gasteiger partial charge in [-0.05, 0) is 32.9 Å². The summed E-state index contributed by atoms with van der Waals surface area (Å²) in [6.07, 6.45) is 4.28. The molecule has 1 unspecified atom stereocenters. The quantitative estimate of drug-likeness (QED) is 0.836. The minimum absolute atomic E-state index is 0.182. The molecule has 1 saturated heterocycles. The van der Waals surface area contributed by atoms with Crippen molar-refractivity contribution in [1.82, 2.24) is 29.7 Å². The number of aryl methyl sites for hydroxylation is 1. The van der Waals surface area contributed by atoms with Crippen LogP contribution in [-0.4, -0.2) is 56.4 Å². The Morgan fingerprint density at radius 1 is 1.30 bits per heavy atom. The SMILES string of the molecule is CCn1nccc1CN1CCN(C)C(c2nc(C3CC3)no2)C1. The van der Waals surface area contributed by atoms with Gasteiger partial charge in [-0.2, -0.15) is 10.1 Å². The summed E-state index contributed by atoms with van der Waals surface area (Å²) in [6, 6.07) is 2.29. The second-order valence-corrected chi connectivity index (χ2v) is 6.63. The van der Waals surface area contributed by atoms with Crippen molar-refractivity contribution >= 4 is 0 Å². The monoisotopic (exact) mass is 316 g/mol. The molecule has 1 aliphatic carbocycles. The largest absolute Gasteiger partial charge is 0.338 e. The predicted molar refractivity (Wildman–Crippen MR) is 84.8 cm³/mol. The van der Waals surface area contributed by atoms with Crippen LogP contribution in [0.3, 0.4) is 0 Å². The third kappa shape index (κ3) is 3.03. The first-order valence-corrected chi connectivity index (χ1v) is 8.51. The lowest BCUT2D eigenvalue weighted by Crippen LogP contribution is -2.46. The molecule has 0 aromatic carbocycles. The molecule has 1 saturated carbocycles. The molecule has 1 atom stereocenters. The summed E-state index contributed by atoms with van der Waals surface area (Å²) in [5.74, 6) is 2.20. The highest BCUT2D eigenvalue weighted by Crippen LogP contribution is 2.38. The van der Waals surface area contributed by atoms with Crippen molar-refractivity contribution in [1.29, 1.82) is 0 Å². The number of hydrogen-bond acceptors (Lipinski definition) is 6. The zero-order valence-electron chi connectivity index (χ0n) is 13.9. The summed E-state index contributed by atoms with van der Waals surface area (Å²) in [5.41, 5.74) is 1.26. The molecule has 1 aliphatic heterocycles. The van der Waals surface area contributed by atoms with Crippen molar-refractivity contribution < 1.29 is 4.52 Å². The van der Waals surface area contributed by atoms with Crippen molar-refractivity contribution in [3.8, 4) is 0 Å². The normalized spacial score (nSPS) is 23.5. The summed E-state index contributed by atoms with van der Waals surface area (Å²) in [7, 11) is 2.14. The van der Waals surface area contributed by atoms with E-state index in [2.05, 4.69) is 49.8 Å². The molecular weight excluding hydrogens is 292 g/mol. The molecule has 7 nitrogen and oxygen atoms in total. The van der Waals surface area contributed by atoms with Gasteiger partial charge in [-0.25, -0.2) is 0 Å². The third-order valence-corrected chi connectivity index (χ3v) is 4.91. The fourth-order valence-corrected chi connectivity index (χ4v) is 3.24. The van der Waals surface area contributed by atoms with E-state index in [-0.39, 0.29) is 6.04 Å². The molecule has 124 valence electrons. The number of rotatable bonds is 5. The second kappa shape index (κ2) is 6.05. The minimum Gasteiger partial charge on any atom is -0.338 e. The van der Waals surface area contributed by atoms with E-state index >= 15 is 0 Å². The number of hydrogen-bond donors (Lipinski definition) is 0. The molecule has 0 bridgehead atoms. The van der Waals surface area contributed by atoms with Crippen LogP contribution in [0.2, 0.25) is 0 Å². The maximum Gasteiger partial charge on any atom is 0.245 e. The lowest BCUT2D eigenvalue weighted by Gasteiger charge is -2.37. The Labute approximate surface area is 136 Å². The van der Waals surface area contributed by atoms with Gasteiger partial charge < -0.3 is 4.52 Å². The van der Waals surface area contributed by atoms with Gasteiger partial charge in [0.25, 0.3) is 0 Å². The summed E-state index contributed by atoms with van der Waals surface area (Å²) in [6.45, 7) is 6.92. The van der Waals surface area contributed by atoms with Crippen LogP contribution in [0.25, 0.3) is 0 Å². The van der Waals surface area contributed by atoms with Crippen molar-refractivity contribution in [2.45, 2.75) is 44.8 Å². The molecule has 0 amide bonds. The molecule has 23 heavy (non-hydrogen) atoms. The third-order valence-electron chi connectivity index (χ3n) is 4.91. The molecule has 2 aromatic rings. The molecule has 3 heterocycles. The van der Waals surface area contributed by atoms with Gasteiger partial charge in [-0.1, -0.05) is 5.16 Å². The van der Waals surface area contributed by atoms with Crippen LogP contribution in [-0.2, 0) is 13.1 Å². The molecule has 2 aliphatic rings. The molecule has 0 radical (unpaired) electrons. The topological polar surface area (TPSA) is 63.2 Å². The molecule has 0 spiro atoms. The molecule has 7 heteroatoms. The summed E-state index contributed by atoms with van der Waals surface area (Å²) < 4.78 is 7.62. The van der Waals surface area contributed by atoms with Crippen LogP contribution in [0.15, 0.2) is 16.8 Å². The van der Waals surface area contributed by atoms with Gasteiger partial charge in [0.05, 0.1) is 5.69 Å². The fraction of sp³-hybridized carbons (Fsp3) is 0.688. The number of aromatic nitrogens is 4. The molecule has 2 fully saturated rings. The smallest absolute Gasteiger partial charge is 0.245 e. The van der Waals surface area contributed by atoms with E-state index in [1.165, 1.54) is 18.5 Å². The van der Waals surface area contributed by atoms with E-state index in [0.717, 1.165) is 44.4 Å². The highest BCUT2D eigenvalue weighted by atomic mass is 16.5. The van der Waals surface area contributed by atoms with Gasteiger partial charge in [0.15, 0.2) is 5.82 Å². The lowest BCUT2D eigenvalue weighted by atomic mass is 10.1. The van der Waals surface area contributed by atoms with Gasteiger partial charge in [0, 0.05) is 44.8 Å². The van der Waals surface area contributed by atoms with Crippen LogP contribution in [0.4, 0.5) is 0 Å². The Kier molecular flexibility index (Phi) is 3.90. The number of piperazine rings is 1.